The van der Waals surface area contributed by atoms with Crippen LogP contribution >= 0.6 is 11.6 Å². The van der Waals surface area contributed by atoms with Gasteiger partial charge in [0.2, 0.25) is 11.8 Å². The number of rotatable bonds is 3. The smallest absolute Gasteiger partial charge is 0.269 e. The summed E-state index contributed by atoms with van der Waals surface area (Å²) in [5.41, 5.74) is 6.00. The number of nitro groups is 1. The lowest BCUT2D eigenvalue weighted by Crippen LogP contribution is -1.98. The molecule has 0 fully saturated rings. The molecule has 2 N–H and O–H groups in total. The Morgan fingerprint density at radius 3 is 2.84 bits per heavy atom. The molecule has 0 radical (unpaired) electrons. The number of hydrogen-bond donors (Lipinski definition) is 1. The fourth-order valence-electron chi connectivity index (χ4n) is 1.40. The van der Waals surface area contributed by atoms with Crippen molar-refractivity contribution in [3.63, 3.8) is 0 Å². The molecular weight excluding hydrogens is 272 g/mol. The molecule has 1 aromatic heterocycles. The zero-order valence-electron chi connectivity index (χ0n) is 9.83. The number of nitrogen functional groups attached to an aromatic ring is 1. The summed E-state index contributed by atoms with van der Waals surface area (Å²) in [6.07, 6.45) is 1.32. The molecule has 0 atom stereocenters. The van der Waals surface area contributed by atoms with Crippen LogP contribution in [0.4, 0.5) is 11.6 Å². The maximum atomic E-state index is 10.6. The summed E-state index contributed by atoms with van der Waals surface area (Å²) in [6, 6.07) is 4.21. The van der Waals surface area contributed by atoms with Crippen molar-refractivity contribution in [3.05, 3.63) is 45.1 Å². The molecule has 0 unspecified atom stereocenters. The number of aromatic nitrogens is 2. The van der Waals surface area contributed by atoms with Crippen LogP contribution in [0.3, 0.4) is 0 Å². The molecule has 8 heteroatoms. The van der Waals surface area contributed by atoms with E-state index < -0.39 is 4.92 Å². The zero-order chi connectivity index (χ0) is 14.0. The Labute approximate surface area is 113 Å². The molecule has 1 aromatic carbocycles. The average molecular weight is 281 g/mol. The molecule has 2 rings (SSSR count). The van der Waals surface area contributed by atoms with E-state index in [2.05, 4.69) is 9.97 Å². The fourth-order valence-corrected chi connectivity index (χ4v) is 1.53. The minimum Gasteiger partial charge on any atom is -0.437 e. The van der Waals surface area contributed by atoms with E-state index in [1.165, 1.54) is 24.4 Å². The fraction of sp³-hybridized carbons (Fsp3) is 0.0909. The second-order valence-electron chi connectivity index (χ2n) is 3.69. The van der Waals surface area contributed by atoms with Crippen molar-refractivity contribution in [2.45, 2.75) is 6.92 Å². The van der Waals surface area contributed by atoms with Crippen LogP contribution in [0.1, 0.15) is 5.56 Å². The minimum atomic E-state index is -0.480. The number of aryl methyl sites for hydroxylation is 1. The van der Waals surface area contributed by atoms with E-state index in [-0.39, 0.29) is 22.5 Å². The van der Waals surface area contributed by atoms with Crippen LogP contribution in [0.25, 0.3) is 0 Å². The molecule has 98 valence electrons. The third-order valence-electron chi connectivity index (χ3n) is 2.31. The number of nitro benzene ring substituents is 1. The summed E-state index contributed by atoms with van der Waals surface area (Å²) in [4.78, 5) is 17.7. The van der Waals surface area contributed by atoms with Gasteiger partial charge in [0.15, 0.2) is 0 Å². The number of benzene rings is 1. The quantitative estimate of drug-likeness (QED) is 0.684. The number of nitrogens with two attached hydrogens (primary N) is 1. The van der Waals surface area contributed by atoms with Gasteiger partial charge in [-0.1, -0.05) is 11.6 Å². The predicted molar refractivity (Wildman–Crippen MR) is 69.4 cm³/mol. The lowest BCUT2D eigenvalue weighted by Gasteiger charge is -2.08. The summed E-state index contributed by atoms with van der Waals surface area (Å²) in [5.74, 6) is 0.538. The molecule has 0 amide bonds. The molecular formula is C11H9ClN4O3. The third kappa shape index (κ3) is 2.89. The Hall–Kier alpha value is -2.41. The van der Waals surface area contributed by atoms with E-state index in [1.807, 2.05) is 0 Å². The first-order chi connectivity index (χ1) is 8.97. The van der Waals surface area contributed by atoms with Gasteiger partial charge in [0.25, 0.3) is 5.69 Å². The lowest BCUT2D eigenvalue weighted by atomic mass is 10.2. The molecule has 7 nitrogen and oxygen atoms in total. The van der Waals surface area contributed by atoms with E-state index in [9.17, 15) is 10.1 Å². The van der Waals surface area contributed by atoms with Crippen molar-refractivity contribution in [2.24, 2.45) is 0 Å². The molecule has 0 aliphatic rings. The molecule has 0 saturated carbocycles. The Morgan fingerprint density at radius 1 is 1.47 bits per heavy atom. The van der Waals surface area contributed by atoms with Gasteiger partial charge in [-0.25, -0.2) is 4.98 Å². The van der Waals surface area contributed by atoms with Crippen LogP contribution in [-0.4, -0.2) is 14.9 Å². The van der Waals surface area contributed by atoms with Crippen LogP contribution in [0.5, 0.6) is 11.6 Å². The van der Waals surface area contributed by atoms with Gasteiger partial charge in [0.1, 0.15) is 10.8 Å². The van der Waals surface area contributed by atoms with Crippen LogP contribution in [0.2, 0.25) is 5.02 Å². The highest BCUT2D eigenvalue weighted by atomic mass is 35.5. The molecule has 1 heterocycles. The Bertz CT molecular complexity index is 648. The Kier molecular flexibility index (Phi) is 3.48. The molecule has 2 aromatic rings. The van der Waals surface area contributed by atoms with Crippen molar-refractivity contribution < 1.29 is 9.66 Å². The van der Waals surface area contributed by atoms with Crippen molar-refractivity contribution >= 4 is 23.2 Å². The van der Waals surface area contributed by atoms with Crippen molar-refractivity contribution in [1.82, 2.24) is 9.97 Å². The van der Waals surface area contributed by atoms with E-state index in [4.69, 9.17) is 22.1 Å². The first-order valence-corrected chi connectivity index (χ1v) is 5.56. The maximum Gasteiger partial charge on any atom is 0.269 e. The standard InChI is InChI=1S/C11H9ClN4O3/c1-6-4-7(16(17)18)2-3-9(6)19-10-8(12)5-14-11(13)15-10/h2-5H,1H3,(H2,13,14,15). The van der Waals surface area contributed by atoms with E-state index >= 15 is 0 Å². The topological polar surface area (TPSA) is 104 Å². The van der Waals surface area contributed by atoms with Gasteiger partial charge in [-0.3, -0.25) is 10.1 Å². The van der Waals surface area contributed by atoms with Gasteiger partial charge in [0.05, 0.1) is 11.1 Å². The highest BCUT2D eigenvalue weighted by molar-refractivity contribution is 6.31. The zero-order valence-corrected chi connectivity index (χ0v) is 10.6. The Morgan fingerprint density at radius 2 is 2.21 bits per heavy atom. The largest absolute Gasteiger partial charge is 0.437 e. The highest BCUT2D eigenvalue weighted by Crippen LogP contribution is 2.30. The second-order valence-corrected chi connectivity index (χ2v) is 4.10. The molecule has 0 aliphatic carbocycles. The van der Waals surface area contributed by atoms with Crippen molar-refractivity contribution in [2.75, 3.05) is 5.73 Å². The third-order valence-corrected chi connectivity index (χ3v) is 2.57. The van der Waals surface area contributed by atoms with Gasteiger partial charge < -0.3 is 10.5 Å². The SMILES string of the molecule is Cc1cc([N+](=O)[O-])ccc1Oc1nc(N)ncc1Cl. The number of ether oxygens (including phenoxy) is 1. The predicted octanol–water partition coefficient (Wildman–Crippen LogP) is 2.72. The number of nitrogens with zero attached hydrogens (tertiary/aromatic N) is 3. The summed E-state index contributed by atoms with van der Waals surface area (Å²) in [7, 11) is 0. The maximum absolute atomic E-state index is 10.6. The minimum absolute atomic E-state index is 0.0156. The summed E-state index contributed by atoms with van der Waals surface area (Å²) >= 11 is 5.87. The normalized spacial score (nSPS) is 10.2. The van der Waals surface area contributed by atoms with E-state index in [1.54, 1.807) is 6.92 Å². The number of non-ortho nitro benzene ring substituents is 1. The van der Waals surface area contributed by atoms with Crippen molar-refractivity contribution in [1.29, 1.82) is 0 Å². The van der Waals surface area contributed by atoms with Crippen LogP contribution in [-0.2, 0) is 0 Å². The summed E-state index contributed by atoms with van der Waals surface area (Å²) in [6.45, 7) is 1.68. The van der Waals surface area contributed by atoms with Gasteiger partial charge >= 0.3 is 0 Å². The molecule has 0 saturated heterocycles. The van der Waals surface area contributed by atoms with E-state index in [0.29, 0.717) is 11.3 Å². The van der Waals surface area contributed by atoms with Crippen LogP contribution < -0.4 is 10.5 Å². The molecule has 0 spiro atoms. The summed E-state index contributed by atoms with van der Waals surface area (Å²) < 4.78 is 5.47. The summed E-state index contributed by atoms with van der Waals surface area (Å²) in [5, 5.41) is 10.8. The first-order valence-electron chi connectivity index (χ1n) is 5.18. The van der Waals surface area contributed by atoms with Crippen LogP contribution in [0.15, 0.2) is 24.4 Å². The van der Waals surface area contributed by atoms with Gasteiger partial charge in [-0.15, -0.1) is 0 Å². The number of hydrogen-bond acceptors (Lipinski definition) is 6. The van der Waals surface area contributed by atoms with Gasteiger partial charge in [0, 0.05) is 12.1 Å². The first kappa shape index (κ1) is 13.0. The van der Waals surface area contributed by atoms with Gasteiger partial charge in [-0.2, -0.15) is 4.98 Å². The number of anilines is 1. The molecule has 0 bridgehead atoms. The van der Waals surface area contributed by atoms with E-state index in [0.717, 1.165) is 0 Å². The van der Waals surface area contributed by atoms with Crippen LogP contribution in [0, 0.1) is 17.0 Å². The number of halogens is 1. The van der Waals surface area contributed by atoms with Crippen molar-refractivity contribution in [3.8, 4) is 11.6 Å². The van der Waals surface area contributed by atoms with Gasteiger partial charge in [-0.05, 0) is 18.6 Å². The average Bonchev–Trinajstić information content (AvgIpc) is 2.36. The monoisotopic (exact) mass is 280 g/mol. The second kappa shape index (κ2) is 5.07. The Balaban J connectivity index is 2.33. The molecule has 0 aliphatic heterocycles. The highest BCUT2D eigenvalue weighted by Gasteiger charge is 2.12. The molecule has 19 heavy (non-hydrogen) atoms. The lowest BCUT2D eigenvalue weighted by molar-refractivity contribution is -0.384.